The van der Waals surface area contributed by atoms with Gasteiger partial charge in [-0.05, 0) is 20.8 Å². The SMILES string of the molecule is CCN(CC(C)C(=O)O)C(=O)C(C)(C)N1CCNCC1. The predicted molar refractivity (Wildman–Crippen MR) is 77.6 cm³/mol. The van der Waals surface area contributed by atoms with Crippen LogP contribution in [0.5, 0.6) is 0 Å². The molecule has 1 saturated heterocycles. The van der Waals surface area contributed by atoms with Gasteiger partial charge in [0.05, 0.1) is 11.5 Å². The standard InChI is InChI=1S/C14H27N3O3/c1-5-16(10-11(2)12(18)19)13(20)14(3,4)17-8-6-15-7-9-17/h11,15H,5-10H2,1-4H3,(H,18,19). The lowest BCUT2D eigenvalue weighted by molar-refractivity contribution is -0.147. The lowest BCUT2D eigenvalue weighted by Gasteiger charge is -2.42. The second kappa shape index (κ2) is 7.04. The number of hydrogen-bond acceptors (Lipinski definition) is 4. The van der Waals surface area contributed by atoms with Crippen LogP contribution in [0.15, 0.2) is 0 Å². The molecule has 1 aliphatic rings. The van der Waals surface area contributed by atoms with Crippen molar-refractivity contribution < 1.29 is 14.7 Å². The number of nitrogens with zero attached hydrogens (tertiary/aromatic N) is 2. The van der Waals surface area contributed by atoms with Crippen LogP contribution in [0.4, 0.5) is 0 Å². The Morgan fingerprint density at radius 1 is 1.35 bits per heavy atom. The first-order valence-electron chi connectivity index (χ1n) is 7.28. The molecule has 6 nitrogen and oxygen atoms in total. The molecular weight excluding hydrogens is 258 g/mol. The van der Waals surface area contributed by atoms with E-state index in [9.17, 15) is 9.59 Å². The number of carboxylic acid groups (broad SMARTS) is 1. The maximum atomic E-state index is 12.7. The highest BCUT2D eigenvalue weighted by Crippen LogP contribution is 2.19. The van der Waals surface area contributed by atoms with Crippen molar-refractivity contribution in [2.45, 2.75) is 33.2 Å². The van der Waals surface area contributed by atoms with Crippen LogP contribution in [0.25, 0.3) is 0 Å². The Balaban J connectivity index is 2.75. The quantitative estimate of drug-likeness (QED) is 0.731. The van der Waals surface area contributed by atoms with Gasteiger partial charge in [-0.25, -0.2) is 0 Å². The van der Waals surface area contributed by atoms with Crippen LogP contribution in [0.1, 0.15) is 27.7 Å². The van der Waals surface area contributed by atoms with Crippen LogP contribution < -0.4 is 5.32 Å². The van der Waals surface area contributed by atoms with E-state index in [0.717, 1.165) is 26.2 Å². The zero-order valence-electron chi connectivity index (χ0n) is 13.0. The van der Waals surface area contributed by atoms with Crippen LogP contribution in [-0.2, 0) is 9.59 Å². The second-order valence-electron chi connectivity index (χ2n) is 5.88. The summed E-state index contributed by atoms with van der Waals surface area (Å²) < 4.78 is 0. The molecule has 0 aliphatic carbocycles. The van der Waals surface area contributed by atoms with E-state index < -0.39 is 17.4 Å². The Bertz CT molecular complexity index is 352. The van der Waals surface area contributed by atoms with Crippen molar-refractivity contribution in [2.24, 2.45) is 5.92 Å². The lowest BCUT2D eigenvalue weighted by Crippen LogP contribution is -2.61. The molecule has 20 heavy (non-hydrogen) atoms. The molecule has 1 atom stereocenters. The molecule has 1 unspecified atom stereocenters. The van der Waals surface area contributed by atoms with Gasteiger partial charge in [0, 0.05) is 39.3 Å². The molecule has 0 saturated carbocycles. The molecule has 1 aliphatic heterocycles. The normalized spacial score (nSPS) is 18.6. The van der Waals surface area contributed by atoms with Crippen molar-refractivity contribution in [3.8, 4) is 0 Å². The van der Waals surface area contributed by atoms with Crippen LogP contribution >= 0.6 is 0 Å². The number of aliphatic carboxylic acids is 1. The molecule has 1 heterocycles. The van der Waals surface area contributed by atoms with Crippen molar-refractivity contribution in [1.82, 2.24) is 15.1 Å². The zero-order valence-corrected chi connectivity index (χ0v) is 13.0. The summed E-state index contributed by atoms with van der Waals surface area (Å²) in [5.74, 6) is -1.40. The van der Waals surface area contributed by atoms with Gasteiger partial charge in [-0.2, -0.15) is 0 Å². The number of carbonyl (C=O) groups excluding carboxylic acids is 1. The minimum absolute atomic E-state index is 0.00926. The second-order valence-corrected chi connectivity index (χ2v) is 5.88. The summed E-state index contributed by atoms with van der Waals surface area (Å²) in [6.45, 7) is 11.6. The zero-order chi connectivity index (χ0) is 15.3. The summed E-state index contributed by atoms with van der Waals surface area (Å²) in [6, 6.07) is 0. The summed E-state index contributed by atoms with van der Waals surface area (Å²) in [5.41, 5.74) is -0.587. The molecule has 0 radical (unpaired) electrons. The molecule has 1 rings (SSSR count). The highest BCUT2D eigenvalue weighted by molar-refractivity contribution is 5.86. The number of hydrogen-bond donors (Lipinski definition) is 2. The maximum Gasteiger partial charge on any atom is 0.308 e. The number of rotatable bonds is 6. The largest absolute Gasteiger partial charge is 0.481 e. The van der Waals surface area contributed by atoms with Gasteiger partial charge in [-0.15, -0.1) is 0 Å². The van der Waals surface area contributed by atoms with E-state index >= 15 is 0 Å². The number of piperazine rings is 1. The molecule has 0 bridgehead atoms. The van der Waals surface area contributed by atoms with Gasteiger partial charge in [-0.3, -0.25) is 14.5 Å². The van der Waals surface area contributed by atoms with Gasteiger partial charge < -0.3 is 15.3 Å². The third kappa shape index (κ3) is 3.93. The summed E-state index contributed by atoms with van der Waals surface area (Å²) in [4.78, 5) is 27.5. The molecule has 0 aromatic carbocycles. The van der Waals surface area contributed by atoms with E-state index in [1.54, 1.807) is 11.8 Å². The smallest absolute Gasteiger partial charge is 0.308 e. The third-order valence-corrected chi connectivity index (χ3v) is 4.02. The van der Waals surface area contributed by atoms with E-state index in [2.05, 4.69) is 10.2 Å². The first-order chi connectivity index (χ1) is 9.30. The van der Waals surface area contributed by atoms with E-state index in [1.807, 2.05) is 20.8 Å². The van der Waals surface area contributed by atoms with Crippen LogP contribution in [0, 0.1) is 5.92 Å². The molecular formula is C14H27N3O3. The minimum Gasteiger partial charge on any atom is -0.481 e. The van der Waals surface area contributed by atoms with Crippen molar-refractivity contribution >= 4 is 11.9 Å². The Hall–Kier alpha value is -1.14. The Labute approximate surface area is 121 Å². The number of amides is 1. The maximum absolute atomic E-state index is 12.7. The molecule has 1 fully saturated rings. The first kappa shape index (κ1) is 16.9. The Kier molecular flexibility index (Phi) is 5.95. The highest BCUT2D eigenvalue weighted by atomic mass is 16.4. The van der Waals surface area contributed by atoms with Gasteiger partial charge in [0.2, 0.25) is 5.91 Å². The van der Waals surface area contributed by atoms with E-state index in [-0.39, 0.29) is 12.5 Å². The van der Waals surface area contributed by atoms with Crippen molar-refractivity contribution in [2.75, 3.05) is 39.3 Å². The van der Waals surface area contributed by atoms with Gasteiger partial charge in [0.1, 0.15) is 0 Å². The fourth-order valence-corrected chi connectivity index (χ4v) is 2.51. The van der Waals surface area contributed by atoms with Gasteiger partial charge >= 0.3 is 5.97 Å². The average Bonchev–Trinajstić information content (AvgIpc) is 2.44. The topological polar surface area (TPSA) is 72.9 Å². The Morgan fingerprint density at radius 2 is 1.90 bits per heavy atom. The Morgan fingerprint density at radius 3 is 2.35 bits per heavy atom. The fourth-order valence-electron chi connectivity index (χ4n) is 2.51. The van der Waals surface area contributed by atoms with Crippen LogP contribution in [-0.4, -0.2) is 71.6 Å². The molecule has 0 aromatic rings. The summed E-state index contributed by atoms with van der Waals surface area (Å²) in [6.07, 6.45) is 0. The first-order valence-corrected chi connectivity index (χ1v) is 7.28. The number of carboxylic acids is 1. The van der Waals surface area contributed by atoms with Crippen molar-refractivity contribution in [3.05, 3.63) is 0 Å². The number of nitrogens with one attached hydrogen (secondary N) is 1. The molecule has 2 N–H and O–H groups in total. The van der Waals surface area contributed by atoms with Gasteiger partial charge in [-0.1, -0.05) is 6.92 Å². The molecule has 116 valence electrons. The summed E-state index contributed by atoms with van der Waals surface area (Å²) in [5, 5.41) is 12.3. The number of carbonyl (C=O) groups is 2. The van der Waals surface area contributed by atoms with Crippen LogP contribution in [0.2, 0.25) is 0 Å². The van der Waals surface area contributed by atoms with Gasteiger partial charge in [0.15, 0.2) is 0 Å². The van der Waals surface area contributed by atoms with Gasteiger partial charge in [0.25, 0.3) is 0 Å². The van der Waals surface area contributed by atoms with E-state index in [0.29, 0.717) is 6.54 Å². The monoisotopic (exact) mass is 285 g/mol. The predicted octanol–water partition coefficient (Wildman–Crippen LogP) is 0.239. The molecule has 1 amide bonds. The average molecular weight is 285 g/mol. The van der Waals surface area contributed by atoms with E-state index in [4.69, 9.17) is 5.11 Å². The fraction of sp³-hybridized carbons (Fsp3) is 0.857. The van der Waals surface area contributed by atoms with Crippen molar-refractivity contribution in [1.29, 1.82) is 0 Å². The van der Waals surface area contributed by atoms with Crippen LogP contribution in [0.3, 0.4) is 0 Å². The molecule has 6 heteroatoms. The van der Waals surface area contributed by atoms with E-state index in [1.165, 1.54) is 0 Å². The molecule has 0 spiro atoms. The summed E-state index contributed by atoms with van der Waals surface area (Å²) >= 11 is 0. The lowest BCUT2D eigenvalue weighted by atomic mass is 9.98. The molecule has 0 aromatic heterocycles. The third-order valence-electron chi connectivity index (χ3n) is 4.02. The number of likely N-dealkylation sites (N-methyl/N-ethyl adjacent to an activating group) is 1. The van der Waals surface area contributed by atoms with Crippen molar-refractivity contribution in [3.63, 3.8) is 0 Å². The highest BCUT2D eigenvalue weighted by Gasteiger charge is 2.38. The summed E-state index contributed by atoms with van der Waals surface area (Å²) in [7, 11) is 0. The minimum atomic E-state index is -0.865.